The van der Waals surface area contributed by atoms with E-state index in [1.165, 1.54) is 0 Å². The lowest BCUT2D eigenvalue weighted by molar-refractivity contribution is -0.116. The maximum Gasteiger partial charge on any atom is 0.224 e. The number of amides is 1. The van der Waals surface area contributed by atoms with Crippen molar-refractivity contribution in [3.8, 4) is 5.75 Å². The molecule has 138 valence electrons. The Morgan fingerprint density at radius 2 is 2.16 bits per heavy atom. The molecule has 2 rings (SSSR count). The van der Waals surface area contributed by atoms with Crippen molar-refractivity contribution in [2.24, 2.45) is 10.9 Å². The number of carbonyl (C=O) groups is 1. The van der Waals surface area contributed by atoms with Gasteiger partial charge in [-0.05, 0) is 49.4 Å². The van der Waals surface area contributed by atoms with Crippen molar-refractivity contribution in [2.45, 2.75) is 40.0 Å². The molecule has 0 aliphatic carbocycles. The first-order valence-corrected chi connectivity index (χ1v) is 9.16. The molecule has 1 aliphatic heterocycles. The zero-order chi connectivity index (χ0) is 18.1. The predicted octanol–water partition coefficient (Wildman–Crippen LogP) is 2.55. The van der Waals surface area contributed by atoms with E-state index >= 15 is 0 Å². The van der Waals surface area contributed by atoms with E-state index in [0.29, 0.717) is 25.5 Å². The Balaban J connectivity index is 1.76. The second-order valence-corrected chi connectivity index (χ2v) is 6.59. The molecule has 1 aromatic carbocycles. The third kappa shape index (κ3) is 6.64. The Kier molecular flexibility index (Phi) is 7.57. The van der Waals surface area contributed by atoms with Gasteiger partial charge in [-0.2, -0.15) is 0 Å². The van der Waals surface area contributed by atoms with Gasteiger partial charge < -0.3 is 20.7 Å². The Morgan fingerprint density at radius 1 is 1.32 bits per heavy atom. The number of nitrogens with zero attached hydrogens (tertiary/aromatic N) is 1. The maximum absolute atomic E-state index is 11.4. The second kappa shape index (κ2) is 9.91. The molecule has 0 bridgehead atoms. The molecule has 1 aromatic rings. The van der Waals surface area contributed by atoms with E-state index in [1.54, 1.807) is 0 Å². The number of benzene rings is 1. The minimum absolute atomic E-state index is 0.0816. The summed E-state index contributed by atoms with van der Waals surface area (Å²) in [6.45, 7) is 9.36. The van der Waals surface area contributed by atoms with Crippen LogP contribution in [0.5, 0.6) is 5.75 Å². The van der Waals surface area contributed by atoms with Crippen LogP contribution in [0.3, 0.4) is 0 Å². The molecule has 25 heavy (non-hydrogen) atoms. The van der Waals surface area contributed by atoms with Crippen LogP contribution in [-0.2, 0) is 11.2 Å². The van der Waals surface area contributed by atoms with Crippen LogP contribution in [0.1, 0.15) is 39.2 Å². The van der Waals surface area contributed by atoms with Gasteiger partial charge in [-0.15, -0.1) is 0 Å². The van der Waals surface area contributed by atoms with Crippen molar-refractivity contribution >= 4 is 17.6 Å². The summed E-state index contributed by atoms with van der Waals surface area (Å²) in [5.41, 5.74) is 2.03. The average Bonchev–Trinajstić information content (AvgIpc) is 2.58. The lowest BCUT2D eigenvalue weighted by atomic mass is 10.0. The summed E-state index contributed by atoms with van der Waals surface area (Å²) in [6, 6.07) is 5.82. The van der Waals surface area contributed by atoms with E-state index in [-0.39, 0.29) is 5.91 Å². The van der Waals surface area contributed by atoms with Crippen LogP contribution in [0, 0.1) is 5.92 Å². The minimum Gasteiger partial charge on any atom is -0.492 e. The van der Waals surface area contributed by atoms with Crippen LogP contribution >= 0.6 is 0 Å². The number of aryl methyl sites for hydroxylation is 1. The summed E-state index contributed by atoms with van der Waals surface area (Å²) in [6.07, 6.45) is 2.39. The molecule has 0 spiro atoms. The lowest BCUT2D eigenvalue weighted by Gasteiger charge is -2.18. The van der Waals surface area contributed by atoms with E-state index in [2.05, 4.69) is 41.7 Å². The van der Waals surface area contributed by atoms with E-state index in [4.69, 9.17) is 4.74 Å². The summed E-state index contributed by atoms with van der Waals surface area (Å²) in [4.78, 5) is 15.9. The first kappa shape index (κ1) is 19.1. The van der Waals surface area contributed by atoms with Gasteiger partial charge in [0.2, 0.25) is 5.91 Å². The molecule has 0 aromatic heterocycles. The summed E-state index contributed by atoms with van der Waals surface area (Å²) in [5.74, 6) is 2.40. The number of carbonyl (C=O) groups excluding carboxylic acids is 1. The van der Waals surface area contributed by atoms with Gasteiger partial charge in [0.05, 0.1) is 6.54 Å². The standard InChI is InChI=1S/C19H30N4O2/c1-4-20-19(21-10-9-14(2)3)22-11-12-25-16-6-7-17-15(13-16)5-8-18(24)23-17/h6-7,13-14H,4-5,8-12H2,1-3H3,(H,23,24)(H2,20,21,22). The van der Waals surface area contributed by atoms with Crippen LogP contribution in [0.25, 0.3) is 0 Å². The number of ether oxygens (including phenoxy) is 1. The van der Waals surface area contributed by atoms with Gasteiger partial charge in [0, 0.05) is 25.2 Å². The van der Waals surface area contributed by atoms with Gasteiger partial charge in [-0.25, -0.2) is 0 Å². The fraction of sp³-hybridized carbons (Fsp3) is 0.579. The van der Waals surface area contributed by atoms with Crippen LogP contribution in [0.15, 0.2) is 23.2 Å². The quantitative estimate of drug-likeness (QED) is 0.384. The molecule has 0 atom stereocenters. The minimum atomic E-state index is 0.0816. The van der Waals surface area contributed by atoms with Crippen LogP contribution in [-0.4, -0.2) is 38.1 Å². The Hall–Kier alpha value is -2.24. The van der Waals surface area contributed by atoms with E-state index in [1.807, 2.05) is 18.2 Å². The van der Waals surface area contributed by atoms with Crippen LogP contribution in [0.2, 0.25) is 0 Å². The van der Waals surface area contributed by atoms with Crippen molar-refractivity contribution in [1.29, 1.82) is 0 Å². The summed E-state index contributed by atoms with van der Waals surface area (Å²) in [5, 5.41) is 9.41. The molecular weight excluding hydrogens is 316 g/mol. The van der Waals surface area contributed by atoms with E-state index < -0.39 is 0 Å². The molecule has 6 heteroatoms. The predicted molar refractivity (Wildman–Crippen MR) is 102 cm³/mol. The van der Waals surface area contributed by atoms with Gasteiger partial charge in [0.1, 0.15) is 12.4 Å². The topological polar surface area (TPSA) is 74.8 Å². The maximum atomic E-state index is 11.4. The molecule has 0 unspecified atom stereocenters. The number of anilines is 1. The highest BCUT2D eigenvalue weighted by Gasteiger charge is 2.14. The third-order valence-electron chi connectivity index (χ3n) is 3.96. The summed E-state index contributed by atoms with van der Waals surface area (Å²) < 4.78 is 5.81. The van der Waals surface area contributed by atoms with Gasteiger partial charge in [-0.1, -0.05) is 13.8 Å². The Bertz CT molecular complexity index is 599. The van der Waals surface area contributed by atoms with Crippen molar-refractivity contribution in [3.63, 3.8) is 0 Å². The zero-order valence-corrected chi connectivity index (χ0v) is 15.5. The fourth-order valence-corrected chi connectivity index (χ4v) is 2.56. The molecular formula is C19H30N4O2. The number of aliphatic imine (C=N–C) groups is 1. The number of hydrogen-bond acceptors (Lipinski definition) is 3. The fourth-order valence-electron chi connectivity index (χ4n) is 2.56. The molecule has 0 radical (unpaired) electrons. The average molecular weight is 346 g/mol. The van der Waals surface area contributed by atoms with E-state index in [0.717, 1.165) is 48.9 Å². The summed E-state index contributed by atoms with van der Waals surface area (Å²) in [7, 11) is 0. The number of hydrogen-bond donors (Lipinski definition) is 3. The van der Waals surface area contributed by atoms with Gasteiger partial charge in [-0.3, -0.25) is 9.79 Å². The molecule has 3 N–H and O–H groups in total. The van der Waals surface area contributed by atoms with Crippen molar-refractivity contribution in [2.75, 3.05) is 31.6 Å². The van der Waals surface area contributed by atoms with Crippen molar-refractivity contribution in [3.05, 3.63) is 23.8 Å². The normalized spacial score (nSPS) is 14.1. The molecule has 1 amide bonds. The van der Waals surface area contributed by atoms with Gasteiger partial charge in [0.15, 0.2) is 5.96 Å². The smallest absolute Gasteiger partial charge is 0.224 e. The van der Waals surface area contributed by atoms with Gasteiger partial charge >= 0.3 is 0 Å². The number of nitrogens with one attached hydrogen (secondary N) is 3. The molecule has 0 saturated carbocycles. The zero-order valence-electron chi connectivity index (χ0n) is 15.5. The third-order valence-corrected chi connectivity index (χ3v) is 3.96. The molecule has 0 fully saturated rings. The highest BCUT2D eigenvalue weighted by molar-refractivity contribution is 5.94. The highest BCUT2D eigenvalue weighted by Crippen LogP contribution is 2.26. The van der Waals surface area contributed by atoms with Crippen LogP contribution < -0.4 is 20.7 Å². The molecule has 1 aliphatic rings. The molecule has 6 nitrogen and oxygen atoms in total. The summed E-state index contributed by atoms with van der Waals surface area (Å²) >= 11 is 0. The Labute approximate surface area is 150 Å². The van der Waals surface area contributed by atoms with Crippen molar-refractivity contribution in [1.82, 2.24) is 10.6 Å². The molecule has 0 saturated heterocycles. The van der Waals surface area contributed by atoms with Crippen LogP contribution in [0.4, 0.5) is 5.69 Å². The van der Waals surface area contributed by atoms with Crippen molar-refractivity contribution < 1.29 is 9.53 Å². The first-order chi connectivity index (χ1) is 12.1. The number of guanidine groups is 1. The highest BCUT2D eigenvalue weighted by atomic mass is 16.5. The number of rotatable bonds is 8. The number of fused-ring (bicyclic) bond motifs is 1. The largest absolute Gasteiger partial charge is 0.492 e. The first-order valence-electron chi connectivity index (χ1n) is 9.16. The lowest BCUT2D eigenvalue weighted by Crippen LogP contribution is -2.39. The second-order valence-electron chi connectivity index (χ2n) is 6.59. The van der Waals surface area contributed by atoms with Gasteiger partial charge in [0.25, 0.3) is 0 Å². The monoisotopic (exact) mass is 346 g/mol. The molecule has 1 heterocycles. The SMILES string of the molecule is CCNC(=NCCC(C)C)NCCOc1ccc2c(c1)CCC(=O)N2. The Morgan fingerprint density at radius 3 is 2.92 bits per heavy atom. The van der Waals surface area contributed by atoms with E-state index in [9.17, 15) is 4.79 Å².